The summed E-state index contributed by atoms with van der Waals surface area (Å²) >= 11 is 0. The van der Waals surface area contributed by atoms with Crippen molar-refractivity contribution in [3.8, 4) is 33.4 Å². The predicted octanol–water partition coefficient (Wildman–Crippen LogP) is 8.45. The second-order valence-electron chi connectivity index (χ2n) is 9.68. The molecule has 0 heterocycles. The van der Waals surface area contributed by atoms with Gasteiger partial charge in [0, 0.05) is 57.3 Å². The lowest BCUT2D eigenvalue weighted by Crippen LogP contribution is -2.21. The Morgan fingerprint density at radius 3 is 0.892 bits per heavy atom. The second-order valence-corrected chi connectivity index (χ2v) is 9.68. The highest BCUT2D eigenvalue weighted by atomic mass is 15.1. The first-order valence-corrected chi connectivity index (χ1v) is 13.6. The number of hydrogen-bond acceptors (Lipinski definition) is 3. The second kappa shape index (κ2) is 12.0. The fraction of sp³-hybridized carbons (Fsp3) is 0.294. The molecule has 3 nitrogen and oxygen atoms in total. The van der Waals surface area contributed by atoms with Gasteiger partial charge in [-0.05, 0) is 116 Å². The van der Waals surface area contributed by atoms with Crippen LogP contribution in [-0.2, 0) is 0 Å². The topological polar surface area (TPSA) is 9.72 Å². The van der Waals surface area contributed by atoms with E-state index >= 15 is 0 Å². The van der Waals surface area contributed by atoms with Gasteiger partial charge in [0.1, 0.15) is 0 Å². The molecular formula is C34H41N3. The first-order chi connectivity index (χ1) is 18.0. The van der Waals surface area contributed by atoms with E-state index in [1.54, 1.807) is 0 Å². The monoisotopic (exact) mass is 491 g/mol. The Kier molecular flexibility index (Phi) is 8.55. The molecule has 0 radical (unpaired) electrons. The molecule has 0 saturated carbocycles. The molecule has 0 N–H and O–H groups in total. The summed E-state index contributed by atoms with van der Waals surface area (Å²) in [6.45, 7) is 12.9. The van der Waals surface area contributed by atoms with Gasteiger partial charge in [0.05, 0.1) is 0 Å². The lowest BCUT2D eigenvalue weighted by Gasteiger charge is -2.21. The molecule has 0 unspecified atom stereocenters. The van der Waals surface area contributed by atoms with Crippen LogP contribution in [0.5, 0.6) is 0 Å². The van der Waals surface area contributed by atoms with Crippen LogP contribution in [0.2, 0.25) is 0 Å². The first kappa shape index (κ1) is 26.3. The maximum absolute atomic E-state index is 2.38. The summed E-state index contributed by atoms with van der Waals surface area (Å²) in [7, 11) is 4.16. The van der Waals surface area contributed by atoms with Crippen molar-refractivity contribution in [2.24, 2.45) is 0 Å². The minimum atomic E-state index is 1.02. The third kappa shape index (κ3) is 5.99. The van der Waals surface area contributed by atoms with Crippen LogP contribution in [0, 0.1) is 0 Å². The SMILES string of the molecule is CCN(CC)c1ccc(-c2cc(-c3ccc(N(C)C)cc3)cc(-c3ccc(N(CC)CC)cc3)c2)cc1. The molecule has 0 spiro atoms. The maximum Gasteiger partial charge on any atom is 0.0366 e. The van der Waals surface area contributed by atoms with Gasteiger partial charge >= 0.3 is 0 Å². The van der Waals surface area contributed by atoms with E-state index in [1.807, 2.05) is 0 Å². The number of anilines is 3. The van der Waals surface area contributed by atoms with Gasteiger partial charge in [-0.15, -0.1) is 0 Å². The van der Waals surface area contributed by atoms with Gasteiger partial charge in [-0.3, -0.25) is 0 Å². The number of nitrogens with zero attached hydrogens (tertiary/aromatic N) is 3. The molecule has 0 fully saturated rings. The van der Waals surface area contributed by atoms with Crippen LogP contribution in [0.25, 0.3) is 33.4 Å². The molecule has 0 bridgehead atoms. The zero-order valence-electron chi connectivity index (χ0n) is 23.3. The fourth-order valence-corrected chi connectivity index (χ4v) is 4.99. The van der Waals surface area contributed by atoms with Crippen LogP contribution in [0.15, 0.2) is 91.0 Å². The molecule has 0 atom stereocenters. The molecule has 0 aliphatic rings. The molecule has 0 aliphatic heterocycles. The molecule has 0 amide bonds. The van der Waals surface area contributed by atoms with E-state index in [-0.39, 0.29) is 0 Å². The predicted molar refractivity (Wildman–Crippen MR) is 164 cm³/mol. The molecule has 3 heteroatoms. The zero-order valence-corrected chi connectivity index (χ0v) is 23.3. The van der Waals surface area contributed by atoms with Crippen molar-refractivity contribution in [1.29, 1.82) is 0 Å². The minimum absolute atomic E-state index is 1.02. The van der Waals surface area contributed by atoms with Crippen LogP contribution in [0.1, 0.15) is 27.7 Å². The van der Waals surface area contributed by atoms with Gasteiger partial charge in [0.25, 0.3) is 0 Å². The van der Waals surface area contributed by atoms with E-state index in [1.165, 1.54) is 50.4 Å². The highest BCUT2D eigenvalue weighted by Crippen LogP contribution is 2.35. The van der Waals surface area contributed by atoms with Crippen molar-refractivity contribution in [2.45, 2.75) is 27.7 Å². The molecule has 4 aromatic carbocycles. The maximum atomic E-state index is 2.38. The van der Waals surface area contributed by atoms with Gasteiger partial charge in [0.2, 0.25) is 0 Å². The Balaban J connectivity index is 1.78. The number of rotatable bonds is 10. The summed E-state index contributed by atoms with van der Waals surface area (Å²) < 4.78 is 0. The Hall–Kier alpha value is -3.72. The molecule has 4 aromatic rings. The van der Waals surface area contributed by atoms with E-state index in [4.69, 9.17) is 0 Å². The lowest BCUT2D eigenvalue weighted by molar-refractivity contribution is 0.866. The average molecular weight is 492 g/mol. The van der Waals surface area contributed by atoms with Crippen molar-refractivity contribution in [3.63, 3.8) is 0 Å². The third-order valence-electron chi connectivity index (χ3n) is 7.31. The van der Waals surface area contributed by atoms with Crippen LogP contribution in [0.4, 0.5) is 17.1 Å². The first-order valence-electron chi connectivity index (χ1n) is 13.6. The summed E-state index contributed by atoms with van der Waals surface area (Å²) in [5.74, 6) is 0. The minimum Gasteiger partial charge on any atom is -0.378 e. The van der Waals surface area contributed by atoms with Crippen molar-refractivity contribution in [1.82, 2.24) is 0 Å². The van der Waals surface area contributed by atoms with Crippen LogP contribution >= 0.6 is 0 Å². The summed E-state index contributed by atoms with van der Waals surface area (Å²) in [5.41, 5.74) is 11.2. The van der Waals surface area contributed by atoms with Crippen molar-refractivity contribution in [3.05, 3.63) is 91.0 Å². The van der Waals surface area contributed by atoms with Crippen LogP contribution in [-0.4, -0.2) is 40.3 Å². The Labute approximate surface area is 224 Å². The van der Waals surface area contributed by atoms with E-state index in [0.29, 0.717) is 0 Å². The molecule has 0 aromatic heterocycles. The van der Waals surface area contributed by atoms with Crippen molar-refractivity contribution < 1.29 is 0 Å². The number of hydrogen-bond donors (Lipinski definition) is 0. The van der Waals surface area contributed by atoms with Gasteiger partial charge in [-0.25, -0.2) is 0 Å². The van der Waals surface area contributed by atoms with Crippen LogP contribution in [0.3, 0.4) is 0 Å². The molecule has 4 rings (SSSR count). The van der Waals surface area contributed by atoms with Gasteiger partial charge in [-0.1, -0.05) is 36.4 Å². The summed E-state index contributed by atoms with van der Waals surface area (Å²) in [6, 6.07) is 33.9. The molecular weight excluding hydrogens is 450 g/mol. The van der Waals surface area contributed by atoms with Gasteiger partial charge < -0.3 is 14.7 Å². The summed E-state index contributed by atoms with van der Waals surface area (Å²) in [5, 5.41) is 0. The van der Waals surface area contributed by atoms with E-state index in [2.05, 4.69) is 147 Å². The quantitative estimate of drug-likeness (QED) is 0.220. The molecule has 192 valence electrons. The van der Waals surface area contributed by atoms with Gasteiger partial charge in [0.15, 0.2) is 0 Å². The van der Waals surface area contributed by atoms with Crippen molar-refractivity contribution in [2.75, 3.05) is 55.0 Å². The largest absolute Gasteiger partial charge is 0.378 e. The summed E-state index contributed by atoms with van der Waals surface area (Å²) in [4.78, 5) is 6.91. The van der Waals surface area contributed by atoms with Crippen LogP contribution < -0.4 is 14.7 Å². The highest BCUT2D eigenvalue weighted by molar-refractivity contribution is 5.82. The summed E-state index contributed by atoms with van der Waals surface area (Å²) in [6.07, 6.45) is 0. The number of benzene rings is 4. The zero-order chi connectivity index (χ0) is 26.4. The Morgan fingerprint density at radius 1 is 0.378 bits per heavy atom. The van der Waals surface area contributed by atoms with Crippen molar-refractivity contribution >= 4 is 17.1 Å². The Bertz CT molecular complexity index is 1190. The molecule has 37 heavy (non-hydrogen) atoms. The third-order valence-corrected chi connectivity index (χ3v) is 7.31. The highest BCUT2D eigenvalue weighted by Gasteiger charge is 2.10. The van der Waals surface area contributed by atoms with E-state index in [9.17, 15) is 0 Å². The Morgan fingerprint density at radius 2 is 0.649 bits per heavy atom. The molecule has 0 aliphatic carbocycles. The smallest absolute Gasteiger partial charge is 0.0366 e. The van der Waals surface area contributed by atoms with E-state index in [0.717, 1.165) is 26.2 Å². The average Bonchev–Trinajstić information content (AvgIpc) is 2.95. The molecule has 0 saturated heterocycles. The normalized spacial score (nSPS) is 10.9. The lowest BCUT2D eigenvalue weighted by atomic mass is 9.93. The standard InChI is InChI=1S/C34H41N3/c1-7-36(8-2)33-19-13-27(14-20-33)30-23-29(26-11-17-32(18-12-26)35(5)6)24-31(25-30)28-15-21-34(22-16-28)37(9-3)10-4/h11-25H,7-10H2,1-6H3. The van der Waals surface area contributed by atoms with Gasteiger partial charge in [-0.2, -0.15) is 0 Å². The van der Waals surface area contributed by atoms with E-state index < -0.39 is 0 Å². The fourth-order valence-electron chi connectivity index (χ4n) is 4.99.